The molecule has 110 valence electrons. The Morgan fingerprint density at radius 1 is 1.38 bits per heavy atom. The Morgan fingerprint density at radius 3 is 3.10 bits per heavy atom. The van der Waals surface area contributed by atoms with Crippen molar-refractivity contribution in [2.75, 3.05) is 26.1 Å². The minimum absolute atomic E-state index is 0.538. The van der Waals surface area contributed by atoms with Gasteiger partial charge in [-0.25, -0.2) is 0 Å². The van der Waals surface area contributed by atoms with Crippen LogP contribution in [0.5, 0.6) is 5.75 Å². The fourth-order valence-corrected chi connectivity index (χ4v) is 2.41. The van der Waals surface area contributed by atoms with Gasteiger partial charge in [-0.1, -0.05) is 17.8 Å². The van der Waals surface area contributed by atoms with E-state index in [4.69, 9.17) is 14.7 Å². The van der Waals surface area contributed by atoms with E-state index in [9.17, 15) is 0 Å². The molecule has 0 saturated carbocycles. The number of nitrogens with zero attached hydrogens (tertiary/aromatic N) is 4. The topological polar surface area (TPSA) is 73.0 Å². The first kappa shape index (κ1) is 15.4. The lowest BCUT2D eigenvalue weighted by molar-refractivity contribution is 0.184. The Kier molecular flexibility index (Phi) is 6.06. The van der Waals surface area contributed by atoms with Crippen molar-refractivity contribution in [2.45, 2.75) is 11.7 Å². The van der Waals surface area contributed by atoms with Crippen molar-refractivity contribution in [1.29, 1.82) is 5.26 Å². The summed E-state index contributed by atoms with van der Waals surface area (Å²) in [4.78, 5) is 0. The number of nitriles is 1. The van der Waals surface area contributed by atoms with Gasteiger partial charge in [-0.2, -0.15) is 5.26 Å². The third-order valence-corrected chi connectivity index (χ3v) is 3.61. The van der Waals surface area contributed by atoms with Crippen molar-refractivity contribution in [3.05, 3.63) is 36.2 Å². The van der Waals surface area contributed by atoms with Crippen LogP contribution in [0.4, 0.5) is 0 Å². The molecule has 0 fully saturated rings. The first-order chi connectivity index (χ1) is 10.3. The third-order valence-electron chi connectivity index (χ3n) is 2.66. The van der Waals surface area contributed by atoms with Crippen LogP contribution in [0.1, 0.15) is 5.56 Å². The molecule has 0 spiro atoms. The molecular weight excluding hydrogens is 288 g/mol. The molecule has 0 amide bonds. The molecule has 0 bridgehead atoms. The highest BCUT2D eigenvalue weighted by molar-refractivity contribution is 7.99. The average molecular weight is 304 g/mol. The Labute approximate surface area is 127 Å². The molecule has 0 radical (unpaired) electrons. The van der Waals surface area contributed by atoms with Crippen molar-refractivity contribution >= 4 is 11.8 Å². The molecule has 7 heteroatoms. The average Bonchev–Trinajstić information content (AvgIpc) is 2.97. The van der Waals surface area contributed by atoms with Gasteiger partial charge in [-0.15, -0.1) is 10.2 Å². The number of thioether (sulfide) groups is 1. The molecule has 0 aliphatic rings. The minimum atomic E-state index is 0.538. The molecule has 2 aromatic rings. The van der Waals surface area contributed by atoms with Gasteiger partial charge >= 0.3 is 0 Å². The van der Waals surface area contributed by atoms with Crippen molar-refractivity contribution in [3.8, 4) is 11.8 Å². The monoisotopic (exact) mass is 304 g/mol. The lowest BCUT2D eigenvalue weighted by Gasteiger charge is -2.07. The first-order valence-electron chi connectivity index (χ1n) is 6.46. The zero-order valence-electron chi connectivity index (χ0n) is 11.7. The summed E-state index contributed by atoms with van der Waals surface area (Å²) in [5, 5.41) is 17.6. The quantitative estimate of drug-likeness (QED) is 0.548. The van der Waals surface area contributed by atoms with Gasteiger partial charge in [0.05, 0.1) is 24.8 Å². The number of rotatable bonds is 8. The molecule has 0 aliphatic heterocycles. The van der Waals surface area contributed by atoms with E-state index in [2.05, 4.69) is 16.3 Å². The van der Waals surface area contributed by atoms with Crippen molar-refractivity contribution in [3.63, 3.8) is 0 Å². The van der Waals surface area contributed by atoms with E-state index in [1.165, 1.54) is 0 Å². The van der Waals surface area contributed by atoms with Crippen LogP contribution in [-0.2, 0) is 11.3 Å². The molecule has 1 aromatic carbocycles. The molecule has 0 atom stereocenters. The lowest BCUT2D eigenvalue weighted by atomic mass is 10.2. The summed E-state index contributed by atoms with van der Waals surface area (Å²) < 4.78 is 12.6. The molecule has 21 heavy (non-hydrogen) atoms. The maximum Gasteiger partial charge on any atom is 0.191 e. The van der Waals surface area contributed by atoms with Crippen LogP contribution in [0.15, 0.2) is 35.7 Å². The standard InChI is InChI=1S/C14H16N4O2S/c1-19-6-5-18-11-16-17-14(18)21-8-7-20-13-4-2-3-12(9-13)10-15/h2-4,9,11H,5-8H2,1H3. The van der Waals surface area contributed by atoms with Crippen LogP contribution in [-0.4, -0.2) is 40.8 Å². The third kappa shape index (κ3) is 4.77. The van der Waals surface area contributed by atoms with Crippen molar-refractivity contribution in [1.82, 2.24) is 14.8 Å². The van der Waals surface area contributed by atoms with E-state index in [1.807, 2.05) is 16.7 Å². The highest BCUT2D eigenvalue weighted by atomic mass is 32.2. The van der Waals surface area contributed by atoms with Crippen LogP contribution in [0, 0.1) is 11.3 Å². The second kappa shape index (κ2) is 8.29. The fourth-order valence-electron chi connectivity index (χ4n) is 1.65. The molecule has 2 rings (SSSR count). The Morgan fingerprint density at radius 2 is 2.29 bits per heavy atom. The van der Waals surface area contributed by atoms with E-state index in [0.29, 0.717) is 24.5 Å². The van der Waals surface area contributed by atoms with Gasteiger partial charge in [0.2, 0.25) is 0 Å². The van der Waals surface area contributed by atoms with Crippen LogP contribution < -0.4 is 4.74 Å². The van der Waals surface area contributed by atoms with Crippen LogP contribution in [0.3, 0.4) is 0 Å². The molecule has 6 nitrogen and oxygen atoms in total. The normalized spacial score (nSPS) is 10.3. The van der Waals surface area contributed by atoms with Gasteiger partial charge in [0.1, 0.15) is 12.1 Å². The molecule has 1 aromatic heterocycles. The number of aromatic nitrogens is 3. The first-order valence-corrected chi connectivity index (χ1v) is 7.44. The smallest absolute Gasteiger partial charge is 0.191 e. The van der Waals surface area contributed by atoms with E-state index in [0.717, 1.165) is 17.5 Å². The fraction of sp³-hybridized carbons (Fsp3) is 0.357. The van der Waals surface area contributed by atoms with Crippen LogP contribution in [0.2, 0.25) is 0 Å². The van der Waals surface area contributed by atoms with E-state index < -0.39 is 0 Å². The number of hydrogen-bond donors (Lipinski definition) is 0. The van der Waals surface area contributed by atoms with Gasteiger partial charge in [0.15, 0.2) is 5.16 Å². The van der Waals surface area contributed by atoms with Crippen LogP contribution in [0.25, 0.3) is 0 Å². The zero-order chi connectivity index (χ0) is 14.9. The minimum Gasteiger partial charge on any atom is -0.493 e. The molecule has 0 saturated heterocycles. The van der Waals surface area contributed by atoms with Gasteiger partial charge < -0.3 is 14.0 Å². The summed E-state index contributed by atoms with van der Waals surface area (Å²) in [7, 11) is 1.67. The Hall–Kier alpha value is -2.04. The molecule has 0 aliphatic carbocycles. The number of hydrogen-bond acceptors (Lipinski definition) is 6. The summed E-state index contributed by atoms with van der Waals surface area (Å²) in [6.07, 6.45) is 1.69. The zero-order valence-corrected chi connectivity index (χ0v) is 12.5. The maximum atomic E-state index is 8.82. The molecule has 1 heterocycles. The highest BCUT2D eigenvalue weighted by Crippen LogP contribution is 2.16. The summed E-state index contributed by atoms with van der Waals surface area (Å²) >= 11 is 1.58. The van der Waals surface area contributed by atoms with Gasteiger partial charge in [-0.05, 0) is 18.2 Å². The number of ether oxygens (including phenoxy) is 2. The SMILES string of the molecule is COCCn1cnnc1SCCOc1cccc(C#N)c1. The number of benzene rings is 1. The van der Waals surface area contributed by atoms with E-state index in [1.54, 1.807) is 37.3 Å². The summed E-state index contributed by atoms with van der Waals surface area (Å²) in [5.41, 5.74) is 0.597. The summed E-state index contributed by atoms with van der Waals surface area (Å²) in [5.74, 6) is 1.46. The van der Waals surface area contributed by atoms with Crippen LogP contribution >= 0.6 is 11.8 Å². The van der Waals surface area contributed by atoms with Gasteiger partial charge in [0, 0.05) is 19.4 Å². The summed E-state index contributed by atoms with van der Waals surface area (Å²) in [6, 6.07) is 9.21. The second-order valence-electron chi connectivity index (χ2n) is 4.14. The molecular formula is C14H16N4O2S. The predicted octanol–water partition coefficient (Wildman–Crippen LogP) is 1.97. The Balaban J connectivity index is 1.77. The highest BCUT2D eigenvalue weighted by Gasteiger charge is 2.05. The lowest BCUT2D eigenvalue weighted by Crippen LogP contribution is -2.06. The van der Waals surface area contributed by atoms with Gasteiger partial charge in [0.25, 0.3) is 0 Å². The molecule has 0 N–H and O–H groups in total. The van der Waals surface area contributed by atoms with Crippen molar-refractivity contribution < 1.29 is 9.47 Å². The van der Waals surface area contributed by atoms with Crippen molar-refractivity contribution in [2.24, 2.45) is 0 Å². The summed E-state index contributed by atoms with van der Waals surface area (Å²) in [6.45, 7) is 1.90. The largest absolute Gasteiger partial charge is 0.493 e. The number of methoxy groups -OCH3 is 1. The Bertz CT molecular complexity index is 609. The maximum absolute atomic E-state index is 8.82. The van der Waals surface area contributed by atoms with E-state index in [-0.39, 0.29) is 0 Å². The van der Waals surface area contributed by atoms with E-state index >= 15 is 0 Å². The second-order valence-corrected chi connectivity index (χ2v) is 5.20. The molecule has 0 unspecified atom stereocenters. The van der Waals surface area contributed by atoms with Gasteiger partial charge in [-0.3, -0.25) is 0 Å². The predicted molar refractivity (Wildman–Crippen MR) is 79.3 cm³/mol.